The number of anilines is 1. The number of carbonyl (C=O) groups excluding carboxylic acids is 1. The number of benzene rings is 2. The predicted octanol–water partition coefficient (Wildman–Crippen LogP) is 3.62. The normalized spacial score (nSPS) is 11.2. The zero-order valence-electron chi connectivity index (χ0n) is 15.8. The van der Waals surface area contributed by atoms with Gasteiger partial charge in [-0.3, -0.25) is 19.1 Å². The summed E-state index contributed by atoms with van der Waals surface area (Å²) in [5.74, 6) is 0.388. The first-order valence-electron chi connectivity index (χ1n) is 9.26. The highest BCUT2D eigenvalue weighted by molar-refractivity contribution is 6.00. The molecular weight excluding hydrogens is 364 g/mol. The van der Waals surface area contributed by atoms with Gasteiger partial charge in [0.2, 0.25) is 5.91 Å². The van der Waals surface area contributed by atoms with Crippen LogP contribution in [0.2, 0.25) is 0 Å². The number of carbonyl (C=O) groups is 1. The number of para-hydroxylation sites is 1. The summed E-state index contributed by atoms with van der Waals surface area (Å²) in [6.45, 7) is 0.112. The van der Waals surface area contributed by atoms with Crippen molar-refractivity contribution in [2.75, 3.05) is 5.32 Å². The molecule has 0 saturated carbocycles. The molecule has 3 heterocycles. The Kier molecular flexibility index (Phi) is 4.05. The van der Waals surface area contributed by atoms with Crippen molar-refractivity contribution in [1.29, 1.82) is 0 Å². The number of hydrogen-bond donors (Lipinski definition) is 1. The summed E-state index contributed by atoms with van der Waals surface area (Å²) in [6, 6.07) is 17.8. The van der Waals surface area contributed by atoms with Gasteiger partial charge in [-0.05, 0) is 35.9 Å². The Morgan fingerprint density at radius 2 is 1.90 bits per heavy atom. The van der Waals surface area contributed by atoms with Crippen molar-refractivity contribution in [2.45, 2.75) is 6.54 Å². The molecule has 0 unspecified atom stereocenters. The van der Waals surface area contributed by atoms with Crippen LogP contribution >= 0.6 is 0 Å². The fraction of sp³-hybridized carbons (Fsp3) is 0.0909. The molecule has 0 saturated heterocycles. The van der Waals surface area contributed by atoms with Crippen LogP contribution in [0.25, 0.3) is 32.9 Å². The van der Waals surface area contributed by atoms with Crippen LogP contribution in [-0.4, -0.2) is 30.5 Å². The lowest BCUT2D eigenvalue weighted by molar-refractivity contribution is -0.116. The third-order valence-electron chi connectivity index (χ3n) is 4.95. The molecule has 1 N–H and O–H groups in total. The standard InChI is InChI=1S/C22H18N6O/c1-27-20-7-3-2-6-18(20)22(26-27)25-21(29)14-28-19-9-8-15(11-17(19)13-24-28)16-5-4-10-23-12-16/h2-13H,14H2,1H3,(H,25,26,29). The van der Waals surface area contributed by atoms with Crippen LogP contribution < -0.4 is 5.32 Å². The minimum absolute atomic E-state index is 0.112. The molecule has 142 valence electrons. The third kappa shape index (κ3) is 3.12. The highest BCUT2D eigenvalue weighted by Crippen LogP contribution is 2.24. The zero-order chi connectivity index (χ0) is 19.8. The maximum absolute atomic E-state index is 12.6. The fourth-order valence-corrected chi connectivity index (χ4v) is 3.54. The van der Waals surface area contributed by atoms with Gasteiger partial charge in [-0.15, -0.1) is 0 Å². The summed E-state index contributed by atoms with van der Waals surface area (Å²) in [4.78, 5) is 16.8. The zero-order valence-corrected chi connectivity index (χ0v) is 15.8. The van der Waals surface area contributed by atoms with Crippen molar-refractivity contribution in [1.82, 2.24) is 24.5 Å². The number of aryl methyl sites for hydroxylation is 1. The summed E-state index contributed by atoms with van der Waals surface area (Å²) < 4.78 is 3.46. The van der Waals surface area contributed by atoms with E-state index >= 15 is 0 Å². The van der Waals surface area contributed by atoms with Crippen LogP contribution in [0, 0.1) is 0 Å². The van der Waals surface area contributed by atoms with Gasteiger partial charge in [0.1, 0.15) is 6.54 Å². The van der Waals surface area contributed by atoms with Crippen LogP contribution in [0.5, 0.6) is 0 Å². The molecule has 0 fully saturated rings. The lowest BCUT2D eigenvalue weighted by Gasteiger charge is -2.06. The Bertz CT molecular complexity index is 1340. The van der Waals surface area contributed by atoms with E-state index in [0.29, 0.717) is 5.82 Å². The molecule has 7 nitrogen and oxygen atoms in total. The van der Waals surface area contributed by atoms with Crippen molar-refractivity contribution < 1.29 is 4.79 Å². The Morgan fingerprint density at radius 3 is 2.76 bits per heavy atom. The topological polar surface area (TPSA) is 77.6 Å². The van der Waals surface area contributed by atoms with E-state index in [0.717, 1.165) is 32.9 Å². The van der Waals surface area contributed by atoms with Gasteiger partial charge < -0.3 is 5.32 Å². The molecule has 0 radical (unpaired) electrons. The van der Waals surface area contributed by atoms with E-state index in [1.54, 1.807) is 21.8 Å². The maximum Gasteiger partial charge on any atom is 0.247 e. The van der Waals surface area contributed by atoms with Gasteiger partial charge >= 0.3 is 0 Å². The summed E-state index contributed by atoms with van der Waals surface area (Å²) in [5, 5.41) is 13.6. The lowest BCUT2D eigenvalue weighted by Crippen LogP contribution is -2.19. The molecular formula is C22H18N6O. The molecule has 0 bridgehead atoms. The van der Waals surface area contributed by atoms with Gasteiger partial charge in [0.05, 0.1) is 17.2 Å². The van der Waals surface area contributed by atoms with Crippen LogP contribution in [0.1, 0.15) is 0 Å². The van der Waals surface area contributed by atoms with Crippen LogP contribution in [0.4, 0.5) is 5.82 Å². The molecule has 3 aromatic heterocycles. The minimum atomic E-state index is -0.171. The highest BCUT2D eigenvalue weighted by atomic mass is 16.2. The van der Waals surface area contributed by atoms with Crippen molar-refractivity contribution in [3.05, 3.63) is 73.2 Å². The van der Waals surface area contributed by atoms with Crippen LogP contribution in [0.3, 0.4) is 0 Å². The number of pyridine rings is 1. The molecule has 2 aromatic carbocycles. The molecule has 1 amide bonds. The fourth-order valence-electron chi connectivity index (χ4n) is 3.54. The number of amides is 1. The molecule has 0 spiro atoms. The van der Waals surface area contributed by atoms with E-state index in [-0.39, 0.29) is 12.5 Å². The maximum atomic E-state index is 12.6. The molecule has 5 rings (SSSR count). The quantitative estimate of drug-likeness (QED) is 0.515. The molecule has 0 aliphatic rings. The number of aromatic nitrogens is 5. The van der Waals surface area contributed by atoms with Gasteiger partial charge in [-0.25, -0.2) is 0 Å². The van der Waals surface area contributed by atoms with E-state index in [2.05, 4.69) is 26.6 Å². The van der Waals surface area contributed by atoms with Crippen molar-refractivity contribution in [2.24, 2.45) is 7.05 Å². The van der Waals surface area contributed by atoms with Gasteiger partial charge in [-0.1, -0.05) is 24.3 Å². The second-order valence-corrected chi connectivity index (χ2v) is 6.86. The van der Waals surface area contributed by atoms with Crippen LogP contribution in [0.15, 0.2) is 73.2 Å². The van der Waals surface area contributed by atoms with E-state index in [1.807, 2.05) is 61.8 Å². The molecule has 0 atom stereocenters. The molecule has 5 aromatic rings. The third-order valence-corrected chi connectivity index (χ3v) is 4.95. The molecule has 0 aliphatic heterocycles. The Balaban J connectivity index is 1.39. The number of fused-ring (bicyclic) bond motifs is 2. The Morgan fingerprint density at radius 1 is 1.00 bits per heavy atom. The number of hydrogen-bond acceptors (Lipinski definition) is 4. The van der Waals surface area contributed by atoms with Crippen LogP contribution in [-0.2, 0) is 18.4 Å². The SMILES string of the molecule is Cn1nc(NC(=O)Cn2ncc3cc(-c4cccnc4)ccc32)c2ccccc21. The smallest absolute Gasteiger partial charge is 0.247 e. The van der Waals surface area contributed by atoms with E-state index in [4.69, 9.17) is 0 Å². The van der Waals surface area contributed by atoms with Gasteiger partial charge in [0.25, 0.3) is 0 Å². The first-order chi connectivity index (χ1) is 14.2. The average Bonchev–Trinajstić information content (AvgIpc) is 3.29. The summed E-state index contributed by atoms with van der Waals surface area (Å²) in [7, 11) is 1.86. The molecule has 7 heteroatoms. The predicted molar refractivity (Wildman–Crippen MR) is 112 cm³/mol. The van der Waals surface area contributed by atoms with Crippen molar-refractivity contribution in [3.63, 3.8) is 0 Å². The van der Waals surface area contributed by atoms with Gasteiger partial charge in [-0.2, -0.15) is 10.2 Å². The molecule has 29 heavy (non-hydrogen) atoms. The summed E-state index contributed by atoms with van der Waals surface area (Å²) in [6.07, 6.45) is 5.36. The van der Waals surface area contributed by atoms with Crippen molar-refractivity contribution >= 4 is 33.5 Å². The number of nitrogens with one attached hydrogen (secondary N) is 1. The lowest BCUT2D eigenvalue weighted by atomic mass is 10.1. The first kappa shape index (κ1) is 17.1. The highest BCUT2D eigenvalue weighted by Gasteiger charge is 2.13. The van der Waals surface area contributed by atoms with Crippen molar-refractivity contribution in [3.8, 4) is 11.1 Å². The monoisotopic (exact) mass is 382 g/mol. The summed E-state index contributed by atoms with van der Waals surface area (Å²) >= 11 is 0. The van der Waals surface area contributed by atoms with E-state index in [9.17, 15) is 4.79 Å². The number of rotatable bonds is 4. The summed E-state index contributed by atoms with van der Waals surface area (Å²) in [5.41, 5.74) is 3.98. The minimum Gasteiger partial charge on any atom is -0.307 e. The second kappa shape index (κ2) is 6.87. The molecule has 0 aliphatic carbocycles. The Hall–Kier alpha value is -4.00. The van der Waals surface area contributed by atoms with Gasteiger partial charge in [0.15, 0.2) is 5.82 Å². The average molecular weight is 382 g/mol. The van der Waals surface area contributed by atoms with Gasteiger partial charge in [0, 0.05) is 35.8 Å². The number of nitrogens with zero attached hydrogens (tertiary/aromatic N) is 5. The largest absolute Gasteiger partial charge is 0.307 e. The van der Waals surface area contributed by atoms with E-state index in [1.165, 1.54) is 0 Å². The Labute approximate surface area is 166 Å². The van der Waals surface area contributed by atoms with E-state index < -0.39 is 0 Å². The first-order valence-corrected chi connectivity index (χ1v) is 9.26. The second-order valence-electron chi connectivity index (χ2n) is 6.86.